The van der Waals surface area contributed by atoms with Gasteiger partial charge in [0.15, 0.2) is 0 Å². The summed E-state index contributed by atoms with van der Waals surface area (Å²) in [7, 11) is -3.80. The van der Waals surface area contributed by atoms with Gasteiger partial charge in [0.05, 0.1) is 18.7 Å². The van der Waals surface area contributed by atoms with Crippen LogP contribution in [-0.2, 0) is 34.5 Å². The number of hydrogen-bond acceptors (Lipinski definition) is 5. The van der Waals surface area contributed by atoms with Crippen LogP contribution < -0.4 is 4.74 Å². The molecule has 0 saturated heterocycles. The minimum atomic E-state index is -3.80. The van der Waals surface area contributed by atoms with Crippen molar-refractivity contribution in [1.82, 2.24) is 9.29 Å². The highest BCUT2D eigenvalue weighted by atomic mass is 32.2. The van der Waals surface area contributed by atoms with E-state index in [0.29, 0.717) is 24.5 Å². The molecule has 0 N–H and O–H groups in total. The molecule has 0 spiro atoms. The van der Waals surface area contributed by atoms with Crippen molar-refractivity contribution in [2.45, 2.75) is 24.7 Å². The third-order valence-corrected chi connectivity index (χ3v) is 7.61. The van der Waals surface area contributed by atoms with Gasteiger partial charge in [0.1, 0.15) is 23.1 Å². The molecule has 0 unspecified atom stereocenters. The van der Waals surface area contributed by atoms with E-state index in [0.717, 1.165) is 22.1 Å². The smallest absolute Gasteiger partial charge is 0.245 e. The zero-order chi connectivity index (χ0) is 23.5. The molecule has 1 aromatic heterocycles. The minimum Gasteiger partial charge on any atom is -0.492 e. The molecule has 0 bridgehead atoms. The fourth-order valence-electron chi connectivity index (χ4n) is 4.01. The summed E-state index contributed by atoms with van der Waals surface area (Å²) in [5.41, 5.74) is 3.01. The summed E-state index contributed by atoms with van der Waals surface area (Å²) < 4.78 is 53.3. The van der Waals surface area contributed by atoms with E-state index >= 15 is 0 Å². The number of rotatable bonds is 6. The lowest BCUT2D eigenvalue weighted by atomic mass is 10.1. The van der Waals surface area contributed by atoms with Gasteiger partial charge in [-0.2, -0.15) is 4.31 Å². The van der Waals surface area contributed by atoms with Crippen molar-refractivity contribution in [2.24, 2.45) is 0 Å². The van der Waals surface area contributed by atoms with Gasteiger partial charge in [-0.15, -0.1) is 0 Å². The van der Waals surface area contributed by atoms with Crippen LogP contribution in [0.2, 0.25) is 0 Å². The molecule has 1 aliphatic rings. The Hall–Kier alpha value is -3.33. The van der Waals surface area contributed by atoms with Crippen LogP contribution in [0.15, 0.2) is 83.9 Å². The zero-order valence-electron chi connectivity index (χ0n) is 18.4. The number of pyridine rings is 1. The SMILES string of the molecule is O=S(=O)(c1cccc2cccnc12)N1CCOc2ccc(COCc3ccc(F)cc3)cc2C1. The highest BCUT2D eigenvalue weighted by Gasteiger charge is 2.29. The number of benzene rings is 3. The van der Waals surface area contributed by atoms with Gasteiger partial charge in [-0.25, -0.2) is 12.8 Å². The Labute approximate surface area is 197 Å². The van der Waals surface area contributed by atoms with Crippen molar-refractivity contribution < 1.29 is 22.3 Å². The first-order chi connectivity index (χ1) is 16.5. The number of fused-ring (bicyclic) bond motifs is 2. The molecule has 2 heterocycles. The second kappa shape index (κ2) is 9.50. The fourth-order valence-corrected chi connectivity index (χ4v) is 5.58. The lowest BCUT2D eigenvalue weighted by molar-refractivity contribution is 0.107. The number of halogens is 1. The number of nitrogens with zero attached hydrogens (tertiary/aromatic N) is 2. The number of ether oxygens (including phenoxy) is 2. The highest BCUT2D eigenvalue weighted by molar-refractivity contribution is 7.89. The number of hydrogen-bond donors (Lipinski definition) is 0. The molecule has 4 aromatic rings. The number of sulfonamides is 1. The first-order valence-corrected chi connectivity index (χ1v) is 12.4. The largest absolute Gasteiger partial charge is 0.492 e. The minimum absolute atomic E-state index is 0.187. The summed E-state index contributed by atoms with van der Waals surface area (Å²) in [6, 6.07) is 20.6. The number of para-hydroxylation sites is 1. The van der Waals surface area contributed by atoms with Gasteiger partial charge in [0, 0.05) is 30.2 Å². The molecule has 0 radical (unpaired) electrons. The highest BCUT2D eigenvalue weighted by Crippen LogP contribution is 2.30. The molecule has 8 heteroatoms. The van der Waals surface area contributed by atoms with Crippen LogP contribution in [0.4, 0.5) is 4.39 Å². The van der Waals surface area contributed by atoms with Crippen LogP contribution in [0.5, 0.6) is 5.75 Å². The molecule has 1 aliphatic heterocycles. The van der Waals surface area contributed by atoms with E-state index in [1.165, 1.54) is 16.4 Å². The van der Waals surface area contributed by atoms with Gasteiger partial charge in [-0.1, -0.05) is 36.4 Å². The first-order valence-electron chi connectivity index (χ1n) is 10.9. The molecule has 0 saturated carbocycles. The van der Waals surface area contributed by atoms with Crippen LogP contribution in [0.25, 0.3) is 10.9 Å². The van der Waals surface area contributed by atoms with Crippen molar-refractivity contribution in [3.8, 4) is 5.75 Å². The Morgan fingerprint density at radius 2 is 1.74 bits per heavy atom. The molecule has 0 atom stereocenters. The molecule has 0 fully saturated rings. The van der Waals surface area contributed by atoms with Crippen molar-refractivity contribution in [3.05, 3.63) is 102 Å². The molecule has 6 nitrogen and oxygen atoms in total. The summed E-state index contributed by atoms with van der Waals surface area (Å²) >= 11 is 0. The quantitative estimate of drug-likeness (QED) is 0.403. The normalized spacial score (nSPS) is 14.4. The van der Waals surface area contributed by atoms with Crippen molar-refractivity contribution >= 4 is 20.9 Å². The predicted octanol–water partition coefficient (Wildman–Crippen LogP) is 4.67. The van der Waals surface area contributed by atoms with E-state index in [9.17, 15) is 12.8 Å². The Bertz CT molecular complexity index is 1420. The molecular weight excluding hydrogens is 455 g/mol. The summed E-state index contributed by atoms with van der Waals surface area (Å²) in [5.74, 6) is 0.379. The molecule has 0 amide bonds. The van der Waals surface area contributed by atoms with Gasteiger partial charge in [-0.3, -0.25) is 4.98 Å². The van der Waals surface area contributed by atoms with Crippen molar-refractivity contribution in [1.29, 1.82) is 0 Å². The van der Waals surface area contributed by atoms with Gasteiger partial charge >= 0.3 is 0 Å². The van der Waals surface area contributed by atoms with Gasteiger partial charge in [-0.05, 0) is 47.5 Å². The van der Waals surface area contributed by atoms with E-state index in [1.54, 1.807) is 36.5 Å². The maximum Gasteiger partial charge on any atom is 0.245 e. The summed E-state index contributed by atoms with van der Waals surface area (Å²) in [6.45, 7) is 1.36. The van der Waals surface area contributed by atoms with E-state index in [1.807, 2.05) is 30.3 Å². The lowest BCUT2D eigenvalue weighted by Crippen LogP contribution is -2.32. The van der Waals surface area contributed by atoms with Gasteiger partial charge in [0.2, 0.25) is 10.0 Å². The van der Waals surface area contributed by atoms with E-state index < -0.39 is 10.0 Å². The van der Waals surface area contributed by atoms with Crippen LogP contribution in [-0.4, -0.2) is 30.9 Å². The Morgan fingerprint density at radius 1 is 0.971 bits per heavy atom. The molecule has 3 aromatic carbocycles. The van der Waals surface area contributed by atoms with Crippen LogP contribution in [0.3, 0.4) is 0 Å². The summed E-state index contributed by atoms with van der Waals surface area (Å²) in [5, 5.41) is 0.774. The van der Waals surface area contributed by atoms with Gasteiger partial charge < -0.3 is 9.47 Å². The van der Waals surface area contributed by atoms with Crippen LogP contribution in [0.1, 0.15) is 16.7 Å². The average Bonchev–Trinajstić information content (AvgIpc) is 3.07. The van der Waals surface area contributed by atoms with E-state index in [2.05, 4.69) is 4.98 Å². The Balaban J connectivity index is 1.35. The maximum atomic E-state index is 13.6. The molecule has 174 valence electrons. The van der Waals surface area contributed by atoms with Crippen molar-refractivity contribution in [2.75, 3.05) is 13.2 Å². The lowest BCUT2D eigenvalue weighted by Gasteiger charge is -2.20. The second-order valence-corrected chi connectivity index (χ2v) is 9.99. The summed E-state index contributed by atoms with van der Waals surface area (Å²) in [4.78, 5) is 4.50. The fraction of sp³-hybridized carbons (Fsp3) is 0.192. The number of aromatic nitrogens is 1. The molecular formula is C26H23FN2O4S. The first kappa shape index (κ1) is 22.5. The van der Waals surface area contributed by atoms with E-state index in [-0.39, 0.29) is 30.4 Å². The average molecular weight is 479 g/mol. The van der Waals surface area contributed by atoms with Crippen molar-refractivity contribution in [3.63, 3.8) is 0 Å². The van der Waals surface area contributed by atoms with Gasteiger partial charge in [0.25, 0.3) is 0 Å². The zero-order valence-corrected chi connectivity index (χ0v) is 19.2. The Kier molecular flexibility index (Phi) is 6.28. The maximum absolute atomic E-state index is 13.6. The van der Waals surface area contributed by atoms with Crippen LogP contribution in [0, 0.1) is 5.82 Å². The third-order valence-electron chi connectivity index (χ3n) is 5.73. The van der Waals surface area contributed by atoms with E-state index in [4.69, 9.17) is 9.47 Å². The standard InChI is InChI=1S/C26H23FN2O4S/c27-23-9-6-19(7-10-23)17-32-18-20-8-11-24-22(15-20)16-29(13-14-33-24)34(30,31)25-5-1-3-21-4-2-12-28-26(21)25/h1-12,15H,13-14,16-18H2. The predicted molar refractivity (Wildman–Crippen MR) is 126 cm³/mol. The monoisotopic (exact) mass is 478 g/mol. The third kappa shape index (κ3) is 4.65. The molecule has 34 heavy (non-hydrogen) atoms. The topological polar surface area (TPSA) is 68.7 Å². The Morgan fingerprint density at radius 3 is 2.59 bits per heavy atom. The molecule has 5 rings (SSSR count). The molecule has 0 aliphatic carbocycles. The van der Waals surface area contributed by atoms with Crippen LogP contribution >= 0.6 is 0 Å². The second-order valence-electron chi connectivity index (χ2n) is 8.08. The summed E-state index contributed by atoms with van der Waals surface area (Å²) in [6.07, 6.45) is 1.60.